The number of benzene rings is 1. The normalized spacial score (nSPS) is 15.6. The second-order valence-electron chi connectivity index (χ2n) is 5.68. The fraction of sp³-hybridized carbons (Fsp3) is 0.294. The molecule has 0 saturated heterocycles. The van der Waals surface area contributed by atoms with E-state index >= 15 is 0 Å². The third kappa shape index (κ3) is 4.21. The number of hydrogen-bond acceptors (Lipinski definition) is 9. The van der Waals surface area contributed by atoms with E-state index in [1.54, 1.807) is 6.08 Å². The number of ether oxygens (including phenoxy) is 3. The zero-order valence-corrected chi connectivity index (χ0v) is 15.1. The minimum Gasteiger partial charge on any atom is -0.494 e. The number of hydrazine groups is 1. The quantitative estimate of drug-likeness (QED) is 0.522. The minimum atomic E-state index is -0.870. The number of aliphatic hydroxyl groups is 1. The Labute approximate surface area is 159 Å². The van der Waals surface area contributed by atoms with Crippen LogP contribution < -0.4 is 30.4 Å². The summed E-state index contributed by atoms with van der Waals surface area (Å²) in [5.41, 5.74) is 5.32. The third-order valence-electron chi connectivity index (χ3n) is 3.88. The van der Waals surface area contributed by atoms with Gasteiger partial charge in [0.2, 0.25) is 5.95 Å². The Bertz CT molecular complexity index is 835. The van der Waals surface area contributed by atoms with Crippen LogP contribution in [-0.2, 0) is 6.61 Å². The Kier molecular flexibility index (Phi) is 6.06. The van der Waals surface area contributed by atoms with Gasteiger partial charge >= 0.3 is 0 Å². The maximum atomic E-state index is 14.3. The second kappa shape index (κ2) is 8.67. The van der Waals surface area contributed by atoms with Gasteiger partial charge in [-0.3, -0.25) is 0 Å². The van der Waals surface area contributed by atoms with Crippen molar-refractivity contribution in [2.75, 3.05) is 26.1 Å². The van der Waals surface area contributed by atoms with Gasteiger partial charge in [0.25, 0.3) is 0 Å². The number of aromatic nitrogens is 2. The molecule has 1 aromatic heterocycles. The van der Waals surface area contributed by atoms with E-state index in [0.717, 1.165) is 6.07 Å². The lowest BCUT2D eigenvalue weighted by Gasteiger charge is -2.13. The molecule has 1 atom stereocenters. The molecule has 0 radical (unpaired) electrons. The van der Waals surface area contributed by atoms with E-state index in [-0.39, 0.29) is 41.4 Å². The number of nitrogens with one attached hydrogen (secondary N) is 3. The molecule has 1 aromatic carbocycles. The molecular formula is C17H19F2N5O4. The molecule has 2 aromatic rings. The molecule has 11 heteroatoms. The van der Waals surface area contributed by atoms with Crippen LogP contribution in [0.3, 0.4) is 0 Å². The Morgan fingerprint density at radius 1 is 1.14 bits per heavy atom. The molecule has 1 aliphatic heterocycles. The molecule has 0 aliphatic carbocycles. The van der Waals surface area contributed by atoms with E-state index in [1.165, 1.54) is 26.6 Å². The van der Waals surface area contributed by atoms with Crippen molar-refractivity contribution in [3.05, 3.63) is 47.6 Å². The van der Waals surface area contributed by atoms with E-state index < -0.39 is 18.2 Å². The average Bonchev–Trinajstić information content (AvgIpc) is 3.17. The topological polar surface area (TPSA) is 110 Å². The lowest BCUT2D eigenvalue weighted by atomic mass is 10.1. The van der Waals surface area contributed by atoms with Gasteiger partial charge in [0.15, 0.2) is 28.9 Å². The van der Waals surface area contributed by atoms with E-state index in [2.05, 4.69) is 26.1 Å². The van der Waals surface area contributed by atoms with Crippen molar-refractivity contribution in [2.45, 2.75) is 12.6 Å². The zero-order valence-electron chi connectivity index (χ0n) is 15.1. The van der Waals surface area contributed by atoms with E-state index in [1.807, 2.05) is 0 Å². The van der Waals surface area contributed by atoms with Crippen molar-refractivity contribution in [3.63, 3.8) is 0 Å². The van der Waals surface area contributed by atoms with Crippen LogP contribution in [-0.4, -0.2) is 41.9 Å². The van der Waals surface area contributed by atoms with Gasteiger partial charge in [0, 0.05) is 6.07 Å². The molecule has 9 nitrogen and oxygen atoms in total. The third-order valence-corrected chi connectivity index (χ3v) is 3.88. The maximum Gasteiger partial charge on any atom is 0.228 e. The highest BCUT2D eigenvalue weighted by molar-refractivity contribution is 5.42. The standard InChI is InChI=1S/C17H19F2N5O4/c1-26-12-4-13(27-2)16(19)11(15(12)18)8-28-10-5-20-17(21-6-10)22-14-3-9(7-25)23-24-14/h3-6,9,23-25H,7-8H2,1-2H3,(H,20,21,22). The number of hydrogen-bond donors (Lipinski definition) is 4. The summed E-state index contributed by atoms with van der Waals surface area (Å²) in [4.78, 5) is 8.12. The van der Waals surface area contributed by atoms with Crippen LogP contribution in [0.4, 0.5) is 14.7 Å². The van der Waals surface area contributed by atoms with Crippen molar-refractivity contribution in [3.8, 4) is 17.2 Å². The Balaban J connectivity index is 1.67. The first-order chi connectivity index (χ1) is 13.5. The number of halogens is 2. The van der Waals surface area contributed by atoms with Crippen molar-refractivity contribution in [1.82, 2.24) is 20.8 Å². The van der Waals surface area contributed by atoms with Crippen LogP contribution >= 0.6 is 0 Å². The van der Waals surface area contributed by atoms with Gasteiger partial charge in [0.05, 0.1) is 44.8 Å². The SMILES string of the molecule is COc1cc(OC)c(F)c(COc2cnc(NC3=CC(CO)NN3)nc2)c1F. The minimum absolute atomic E-state index is 0.0615. The summed E-state index contributed by atoms with van der Waals surface area (Å²) >= 11 is 0. The summed E-state index contributed by atoms with van der Waals surface area (Å²) in [5, 5.41) is 12.0. The molecule has 2 heterocycles. The summed E-state index contributed by atoms with van der Waals surface area (Å²) in [7, 11) is 2.54. The molecule has 0 fully saturated rings. The van der Waals surface area contributed by atoms with Gasteiger partial charge in [-0.05, 0) is 6.08 Å². The predicted molar refractivity (Wildman–Crippen MR) is 94.7 cm³/mol. The lowest BCUT2D eigenvalue weighted by Crippen LogP contribution is -2.35. The van der Waals surface area contributed by atoms with E-state index in [9.17, 15) is 8.78 Å². The fourth-order valence-corrected chi connectivity index (χ4v) is 2.42. The van der Waals surface area contributed by atoms with Crippen molar-refractivity contribution < 1.29 is 28.1 Å². The highest BCUT2D eigenvalue weighted by Crippen LogP contribution is 2.31. The van der Waals surface area contributed by atoms with Crippen LogP contribution in [0, 0.1) is 11.6 Å². The first-order valence-electron chi connectivity index (χ1n) is 8.20. The maximum absolute atomic E-state index is 14.3. The molecule has 150 valence electrons. The second-order valence-corrected chi connectivity index (χ2v) is 5.68. The molecule has 0 amide bonds. The van der Waals surface area contributed by atoms with Gasteiger partial charge in [-0.15, -0.1) is 0 Å². The van der Waals surface area contributed by atoms with Gasteiger partial charge in [-0.25, -0.2) is 24.2 Å². The van der Waals surface area contributed by atoms with Crippen molar-refractivity contribution in [2.24, 2.45) is 0 Å². The number of rotatable bonds is 8. The van der Waals surface area contributed by atoms with Crippen molar-refractivity contribution >= 4 is 5.95 Å². The largest absolute Gasteiger partial charge is 0.494 e. The fourth-order valence-electron chi connectivity index (χ4n) is 2.42. The van der Waals surface area contributed by atoms with Gasteiger partial charge in [-0.1, -0.05) is 0 Å². The molecule has 0 bridgehead atoms. The number of methoxy groups -OCH3 is 2. The molecule has 1 unspecified atom stereocenters. The molecule has 0 spiro atoms. The van der Waals surface area contributed by atoms with E-state index in [0.29, 0.717) is 5.82 Å². The van der Waals surface area contributed by atoms with Crippen LogP contribution in [0.25, 0.3) is 0 Å². The first kappa shape index (κ1) is 19.6. The summed E-state index contributed by atoms with van der Waals surface area (Å²) in [6.45, 7) is -0.468. The Morgan fingerprint density at radius 3 is 2.32 bits per heavy atom. The van der Waals surface area contributed by atoms with Gasteiger partial charge in [-0.2, -0.15) is 0 Å². The van der Waals surface area contributed by atoms with Crippen LogP contribution in [0.5, 0.6) is 17.2 Å². The summed E-state index contributed by atoms with van der Waals surface area (Å²) in [5.74, 6) is -0.979. The van der Waals surface area contributed by atoms with Gasteiger partial charge < -0.3 is 30.1 Å². The highest BCUT2D eigenvalue weighted by Gasteiger charge is 2.20. The Hall–Kier alpha value is -3.18. The molecule has 0 saturated carbocycles. The average molecular weight is 395 g/mol. The van der Waals surface area contributed by atoms with Crippen LogP contribution in [0.2, 0.25) is 0 Å². The summed E-state index contributed by atoms with van der Waals surface area (Å²) < 4.78 is 43.8. The summed E-state index contributed by atoms with van der Waals surface area (Å²) in [6.07, 6.45) is 4.44. The van der Waals surface area contributed by atoms with Crippen molar-refractivity contribution in [1.29, 1.82) is 0 Å². The number of nitrogens with zero attached hydrogens (tertiary/aromatic N) is 2. The number of anilines is 1. The Morgan fingerprint density at radius 2 is 1.79 bits per heavy atom. The van der Waals surface area contributed by atoms with Gasteiger partial charge in [0.1, 0.15) is 12.4 Å². The molecule has 28 heavy (non-hydrogen) atoms. The highest BCUT2D eigenvalue weighted by atomic mass is 19.1. The zero-order chi connectivity index (χ0) is 20.1. The summed E-state index contributed by atoms with van der Waals surface area (Å²) in [6, 6.07) is 0.912. The molecule has 1 aliphatic rings. The molecular weight excluding hydrogens is 376 g/mol. The monoisotopic (exact) mass is 395 g/mol. The van der Waals surface area contributed by atoms with Crippen LogP contribution in [0.15, 0.2) is 30.4 Å². The lowest BCUT2D eigenvalue weighted by molar-refractivity contribution is 0.265. The van der Waals surface area contributed by atoms with E-state index in [4.69, 9.17) is 19.3 Å². The smallest absolute Gasteiger partial charge is 0.228 e. The molecule has 3 rings (SSSR count). The van der Waals surface area contributed by atoms with Crippen LogP contribution in [0.1, 0.15) is 5.56 Å². The number of aliphatic hydroxyl groups excluding tert-OH is 1. The first-order valence-corrected chi connectivity index (χ1v) is 8.20. The predicted octanol–water partition coefficient (Wildman–Crippen LogP) is 1.07. The molecule has 4 N–H and O–H groups in total.